The molecular weight excluding hydrogens is 268 g/mol. The number of esters is 2. The average molecular weight is 298 g/mol. The van der Waals surface area contributed by atoms with Crippen LogP contribution >= 0.6 is 0 Å². The molecule has 0 bridgehead atoms. The van der Waals surface area contributed by atoms with Gasteiger partial charge in [-0.05, 0) is 31.6 Å². The summed E-state index contributed by atoms with van der Waals surface area (Å²) in [6.07, 6.45) is 7.87. The first-order valence-electron chi connectivity index (χ1n) is 8.05. The topological polar surface area (TPSA) is 52.6 Å². The summed E-state index contributed by atoms with van der Waals surface area (Å²) in [6, 6.07) is 0. The van der Waals surface area contributed by atoms with E-state index in [-0.39, 0.29) is 6.10 Å². The number of carbonyl (C=O) groups excluding carboxylic acids is 2. The Hall–Kier alpha value is -1.32. The van der Waals surface area contributed by atoms with Gasteiger partial charge in [0.05, 0.1) is 6.61 Å². The lowest BCUT2D eigenvalue weighted by Crippen LogP contribution is -2.16. The van der Waals surface area contributed by atoms with E-state index >= 15 is 0 Å². The standard InChI is InChI=1S/C17H30O4/c1-5-7-10-15(6-2)21-17(19)12-11-16(18)20-13-8-9-14(3)4/h11-12,14-15H,5-10,13H2,1-4H3/b12-11+. The van der Waals surface area contributed by atoms with E-state index in [9.17, 15) is 9.59 Å². The van der Waals surface area contributed by atoms with Crippen LogP contribution in [-0.2, 0) is 19.1 Å². The van der Waals surface area contributed by atoms with Crippen molar-refractivity contribution in [3.05, 3.63) is 12.2 Å². The Morgan fingerprint density at radius 1 is 1.00 bits per heavy atom. The predicted octanol–water partition coefficient (Wildman–Crippen LogP) is 4.03. The quantitative estimate of drug-likeness (QED) is 0.328. The van der Waals surface area contributed by atoms with Crippen molar-refractivity contribution < 1.29 is 19.1 Å². The lowest BCUT2D eigenvalue weighted by molar-refractivity contribution is -0.144. The Morgan fingerprint density at radius 2 is 1.67 bits per heavy atom. The molecule has 0 spiro atoms. The van der Waals surface area contributed by atoms with E-state index in [0.29, 0.717) is 12.5 Å². The molecule has 0 fully saturated rings. The minimum atomic E-state index is -0.489. The normalized spacial score (nSPS) is 12.6. The van der Waals surface area contributed by atoms with E-state index in [1.165, 1.54) is 0 Å². The summed E-state index contributed by atoms with van der Waals surface area (Å²) in [5.74, 6) is -0.363. The highest BCUT2D eigenvalue weighted by molar-refractivity contribution is 5.91. The number of ether oxygens (including phenoxy) is 2. The summed E-state index contributed by atoms with van der Waals surface area (Å²) in [6.45, 7) is 8.73. The van der Waals surface area contributed by atoms with Crippen molar-refractivity contribution in [3.63, 3.8) is 0 Å². The molecule has 0 heterocycles. The molecule has 0 aromatic heterocycles. The molecule has 0 saturated carbocycles. The molecule has 0 amide bonds. The SMILES string of the molecule is CCCCC(CC)OC(=O)/C=C/C(=O)OCCCC(C)C. The summed E-state index contributed by atoms with van der Waals surface area (Å²) in [7, 11) is 0. The summed E-state index contributed by atoms with van der Waals surface area (Å²) >= 11 is 0. The van der Waals surface area contributed by atoms with Crippen LogP contribution < -0.4 is 0 Å². The van der Waals surface area contributed by atoms with E-state index in [0.717, 1.165) is 50.7 Å². The summed E-state index contributed by atoms with van der Waals surface area (Å²) in [5.41, 5.74) is 0. The third-order valence-corrected chi connectivity index (χ3v) is 3.14. The Morgan fingerprint density at radius 3 is 2.24 bits per heavy atom. The first-order valence-corrected chi connectivity index (χ1v) is 8.05. The zero-order valence-electron chi connectivity index (χ0n) is 13.9. The lowest BCUT2D eigenvalue weighted by atomic mass is 10.1. The molecule has 0 aliphatic carbocycles. The van der Waals surface area contributed by atoms with E-state index < -0.39 is 11.9 Å². The molecule has 0 saturated heterocycles. The van der Waals surface area contributed by atoms with Crippen LogP contribution in [0.2, 0.25) is 0 Å². The van der Waals surface area contributed by atoms with Crippen molar-refractivity contribution in [2.45, 2.75) is 72.3 Å². The van der Waals surface area contributed by atoms with Gasteiger partial charge in [0, 0.05) is 12.2 Å². The van der Waals surface area contributed by atoms with Gasteiger partial charge in [0.15, 0.2) is 0 Å². The van der Waals surface area contributed by atoms with Gasteiger partial charge >= 0.3 is 11.9 Å². The second kappa shape index (κ2) is 12.4. The predicted molar refractivity (Wildman–Crippen MR) is 83.9 cm³/mol. The maximum absolute atomic E-state index is 11.6. The Balaban J connectivity index is 3.93. The second-order valence-corrected chi connectivity index (χ2v) is 5.65. The second-order valence-electron chi connectivity index (χ2n) is 5.65. The molecule has 1 atom stereocenters. The van der Waals surface area contributed by atoms with Gasteiger partial charge in [-0.25, -0.2) is 9.59 Å². The minimum Gasteiger partial charge on any atom is -0.463 e. The van der Waals surface area contributed by atoms with Crippen molar-refractivity contribution >= 4 is 11.9 Å². The molecule has 0 aliphatic heterocycles. The van der Waals surface area contributed by atoms with Gasteiger partial charge in [-0.3, -0.25) is 0 Å². The first-order chi connectivity index (χ1) is 9.99. The molecule has 0 N–H and O–H groups in total. The maximum atomic E-state index is 11.6. The summed E-state index contributed by atoms with van der Waals surface area (Å²) in [4.78, 5) is 23.0. The molecule has 0 aliphatic rings. The first kappa shape index (κ1) is 19.7. The molecule has 1 unspecified atom stereocenters. The van der Waals surface area contributed by atoms with E-state index in [4.69, 9.17) is 9.47 Å². The van der Waals surface area contributed by atoms with Crippen molar-refractivity contribution in [1.82, 2.24) is 0 Å². The molecule has 4 nitrogen and oxygen atoms in total. The Bertz CT molecular complexity index is 321. The average Bonchev–Trinajstić information content (AvgIpc) is 2.45. The van der Waals surface area contributed by atoms with Crippen LogP contribution in [0.25, 0.3) is 0 Å². The minimum absolute atomic E-state index is 0.0656. The molecule has 0 aromatic rings. The van der Waals surface area contributed by atoms with Crippen molar-refractivity contribution in [2.75, 3.05) is 6.61 Å². The monoisotopic (exact) mass is 298 g/mol. The van der Waals surface area contributed by atoms with Crippen LogP contribution in [-0.4, -0.2) is 24.6 Å². The highest BCUT2D eigenvalue weighted by atomic mass is 16.5. The van der Waals surface area contributed by atoms with Gasteiger partial charge in [-0.1, -0.05) is 40.5 Å². The van der Waals surface area contributed by atoms with E-state index in [1.54, 1.807) is 0 Å². The lowest BCUT2D eigenvalue weighted by Gasteiger charge is -2.14. The third-order valence-electron chi connectivity index (χ3n) is 3.14. The van der Waals surface area contributed by atoms with Crippen LogP contribution in [0, 0.1) is 5.92 Å². The fourth-order valence-electron chi connectivity index (χ4n) is 1.83. The van der Waals surface area contributed by atoms with E-state index in [2.05, 4.69) is 20.8 Å². The Kier molecular flexibility index (Phi) is 11.6. The van der Waals surface area contributed by atoms with Crippen molar-refractivity contribution in [3.8, 4) is 0 Å². The van der Waals surface area contributed by atoms with Gasteiger partial charge in [-0.2, -0.15) is 0 Å². The molecule has 21 heavy (non-hydrogen) atoms. The van der Waals surface area contributed by atoms with Gasteiger partial charge < -0.3 is 9.47 Å². The largest absolute Gasteiger partial charge is 0.463 e. The molecule has 0 rings (SSSR count). The van der Waals surface area contributed by atoms with Gasteiger partial charge in [0.2, 0.25) is 0 Å². The molecule has 4 heteroatoms. The molecule has 0 radical (unpaired) electrons. The zero-order valence-corrected chi connectivity index (χ0v) is 13.9. The summed E-state index contributed by atoms with van der Waals surface area (Å²) in [5, 5.41) is 0. The molecule has 0 aromatic carbocycles. The van der Waals surface area contributed by atoms with Crippen LogP contribution in [0.3, 0.4) is 0 Å². The fraction of sp³-hybridized carbons (Fsp3) is 0.765. The fourth-order valence-corrected chi connectivity index (χ4v) is 1.83. The number of carbonyl (C=O) groups is 2. The smallest absolute Gasteiger partial charge is 0.331 e. The van der Waals surface area contributed by atoms with Gasteiger partial charge in [-0.15, -0.1) is 0 Å². The number of hydrogen-bond donors (Lipinski definition) is 0. The number of rotatable bonds is 11. The van der Waals surface area contributed by atoms with Gasteiger partial charge in [0.25, 0.3) is 0 Å². The van der Waals surface area contributed by atoms with Crippen molar-refractivity contribution in [1.29, 1.82) is 0 Å². The van der Waals surface area contributed by atoms with Crippen LogP contribution in [0.15, 0.2) is 12.2 Å². The van der Waals surface area contributed by atoms with E-state index in [1.807, 2.05) is 6.92 Å². The zero-order chi connectivity index (χ0) is 16.1. The highest BCUT2D eigenvalue weighted by Gasteiger charge is 2.10. The van der Waals surface area contributed by atoms with Crippen LogP contribution in [0.4, 0.5) is 0 Å². The number of unbranched alkanes of at least 4 members (excludes halogenated alkanes) is 1. The molecule has 122 valence electrons. The maximum Gasteiger partial charge on any atom is 0.331 e. The highest BCUT2D eigenvalue weighted by Crippen LogP contribution is 2.09. The van der Waals surface area contributed by atoms with Crippen LogP contribution in [0.5, 0.6) is 0 Å². The Labute approximate surface area is 128 Å². The summed E-state index contributed by atoms with van der Waals surface area (Å²) < 4.78 is 10.3. The molecular formula is C17H30O4. The number of hydrogen-bond acceptors (Lipinski definition) is 4. The van der Waals surface area contributed by atoms with Gasteiger partial charge in [0.1, 0.15) is 6.10 Å². The van der Waals surface area contributed by atoms with Crippen molar-refractivity contribution in [2.24, 2.45) is 5.92 Å². The third kappa shape index (κ3) is 12.2. The van der Waals surface area contributed by atoms with Crippen LogP contribution in [0.1, 0.15) is 66.2 Å².